The van der Waals surface area contributed by atoms with Crippen LogP contribution >= 0.6 is 0 Å². The van der Waals surface area contributed by atoms with Crippen molar-refractivity contribution in [3.8, 4) is 0 Å². The average Bonchev–Trinajstić information content (AvgIpc) is 2.60. The molecule has 1 aliphatic rings. The molecule has 4 nitrogen and oxygen atoms in total. The Morgan fingerprint density at radius 2 is 1.96 bits per heavy atom. The fraction of sp³-hybridized carbons (Fsp3) is 0.450. The number of rotatable bonds is 9. The second kappa shape index (κ2) is 9.93. The predicted octanol–water partition coefficient (Wildman–Crippen LogP) is 3.86. The number of amides is 1. The molecule has 0 unspecified atom stereocenters. The number of aliphatic hydroxyl groups is 1. The number of carbonyl (C=O) groups is 1. The van der Waals surface area contributed by atoms with Gasteiger partial charge in [-0.2, -0.15) is 0 Å². The minimum Gasteiger partial charge on any atom is -0.513 e. The van der Waals surface area contributed by atoms with E-state index in [1.165, 1.54) is 31.2 Å². The van der Waals surface area contributed by atoms with Crippen LogP contribution in [0.5, 0.6) is 0 Å². The normalized spacial score (nSPS) is 14.1. The largest absolute Gasteiger partial charge is 0.513 e. The summed E-state index contributed by atoms with van der Waals surface area (Å²) in [4.78, 5) is 11.9. The molecule has 0 saturated heterocycles. The molecule has 24 heavy (non-hydrogen) atoms. The monoisotopic (exact) mass is 328 g/mol. The van der Waals surface area contributed by atoms with Crippen molar-refractivity contribution < 1.29 is 9.90 Å². The summed E-state index contributed by atoms with van der Waals surface area (Å²) in [5.41, 5.74) is 3.40. The van der Waals surface area contributed by atoms with E-state index in [1.807, 2.05) is 24.3 Å². The van der Waals surface area contributed by atoms with Crippen LogP contribution in [0.3, 0.4) is 0 Å². The fourth-order valence-corrected chi connectivity index (χ4v) is 2.81. The van der Waals surface area contributed by atoms with Crippen LogP contribution in [-0.4, -0.2) is 24.1 Å². The Morgan fingerprint density at radius 1 is 1.17 bits per heavy atom. The zero-order valence-corrected chi connectivity index (χ0v) is 14.3. The summed E-state index contributed by atoms with van der Waals surface area (Å²) in [5.74, 6) is -0.0410. The summed E-state index contributed by atoms with van der Waals surface area (Å²) in [5, 5.41) is 15.2. The van der Waals surface area contributed by atoms with Crippen LogP contribution in [0.1, 0.15) is 54.4 Å². The van der Waals surface area contributed by atoms with E-state index in [1.54, 1.807) is 5.57 Å². The third kappa shape index (κ3) is 6.59. The first-order chi connectivity index (χ1) is 11.6. The van der Waals surface area contributed by atoms with Gasteiger partial charge in [0, 0.05) is 25.1 Å². The molecule has 0 radical (unpaired) electrons. The highest BCUT2D eigenvalue weighted by atomic mass is 16.3. The van der Waals surface area contributed by atoms with Crippen molar-refractivity contribution in [2.24, 2.45) is 0 Å². The van der Waals surface area contributed by atoms with Crippen LogP contribution in [0.2, 0.25) is 0 Å². The maximum atomic E-state index is 11.9. The molecule has 0 saturated carbocycles. The van der Waals surface area contributed by atoms with E-state index in [9.17, 15) is 4.79 Å². The fourth-order valence-electron chi connectivity index (χ4n) is 2.81. The molecule has 0 aliphatic heterocycles. The summed E-state index contributed by atoms with van der Waals surface area (Å²) in [6.07, 6.45) is 9.08. The first kappa shape index (κ1) is 18.3. The van der Waals surface area contributed by atoms with Gasteiger partial charge in [0.15, 0.2) is 0 Å². The summed E-state index contributed by atoms with van der Waals surface area (Å²) in [6.45, 7) is 5.61. The van der Waals surface area contributed by atoms with Gasteiger partial charge in [-0.15, -0.1) is 0 Å². The minimum absolute atomic E-state index is 0.0840. The number of hydrogen-bond donors (Lipinski definition) is 3. The van der Waals surface area contributed by atoms with Gasteiger partial charge < -0.3 is 15.7 Å². The smallest absolute Gasteiger partial charge is 0.251 e. The van der Waals surface area contributed by atoms with Crippen LogP contribution in [0, 0.1) is 0 Å². The maximum Gasteiger partial charge on any atom is 0.251 e. The SMILES string of the molecule is C=C(O)CCNC(=O)c1ccc(CNCCC2=CCCCC2)cc1. The molecule has 1 amide bonds. The van der Waals surface area contributed by atoms with Crippen LogP contribution in [-0.2, 0) is 6.54 Å². The second-order valence-electron chi connectivity index (χ2n) is 6.30. The van der Waals surface area contributed by atoms with Crippen LogP contribution < -0.4 is 10.6 Å². The molecule has 1 aromatic carbocycles. The van der Waals surface area contributed by atoms with Crippen molar-refractivity contribution in [2.45, 2.75) is 45.1 Å². The number of allylic oxidation sites excluding steroid dienone is 1. The molecule has 0 heterocycles. The summed E-state index contributed by atoms with van der Waals surface area (Å²) in [6, 6.07) is 7.63. The molecule has 0 atom stereocenters. The van der Waals surface area contributed by atoms with E-state index in [0.29, 0.717) is 18.5 Å². The molecular weight excluding hydrogens is 300 g/mol. The zero-order valence-electron chi connectivity index (χ0n) is 14.3. The molecule has 1 aromatic rings. The van der Waals surface area contributed by atoms with Crippen molar-refractivity contribution in [1.29, 1.82) is 0 Å². The number of carbonyl (C=O) groups excluding carboxylic acids is 1. The van der Waals surface area contributed by atoms with E-state index in [2.05, 4.69) is 23.3 Å². The van der Waals surface area contributed by atoms with Gasteiger partial charge in [0.1, 0.15) is 0 Å². The van der Waals surface area contributed by atoms with Gasteiger partial charge in [0.2, 0.25) is 0 Å². The first-order valence-corrected chi connectivity index (χ1v) is 8.77. The van der Waals surface area contributed by atoms with E-state index in [0.717, 1.165) is 19.5 Å². The Morgan fingerprint density at radius 3 is 2.62 bits per heavy atom. The number of benzene rings is 1. The molecule has 3 N–H and O–H groups in total. The van der Waals surface area contributed by atoms with E-state index < -0.39 is 0 Å². The number of aliphatic hydroxyl groups excluding tert-OH is 1. The summed E-state index contributed by atoms with van der Waals surface area (Å²) in [7, 11) is 0. The summed E-state index contributed by atoms with van der Waals surface area (Å²) >= 11 is 0. The van der Waals surface area contributed by atoms with E-state index in [-0.39, 0.29) is 11.7 Å². The summed E-state index contributed by atoms with van der Waals surface area (Å²) < 4.78 is 0. The Hall–Kier alpha value is -2.07. The van der Waals surface area contributed by atoms with Crippen molar-refractivity contribution in [3.63, 3.8) is 0 Å². The maximum absolute atomic E-state index is 11.9. The third-order valence-corrected chi connectivity index (χ3v) is 4.25. The average molecular weight is 328 g/mol. The molecule has 130 valence electrons. The van der Waals surface area contributed by atoms with Gasteiger partial charge in [-0.05, 0) is 56.3 Å². The highest BCUT2D eigenvalue weighted by Crippen LogP contribution is 2.19. The molecular formula is C20H28N2O2. The lowest BCUT2D eigenvalue weighted by Gasteiger charge is -2.13. The van der Waals surface area contributed by atoms with Crippen molar-refractivity contribution in [2.75, 3.05) is 13.1 Å². The topological polar surface area (TPSA) is 61.4 Å². The van der Waals surface area contributed by atoms with E-state index in [4.69, 9.17) is 5.11 Å². The lowest BCUT2D eigenvalue weighted by molar-refractivity contribution is 0.0953. The Bertz CT molecular complexity index is 576. The number of hydrogen-bond acceptors (Lipinski definition) is 3. The number of nitrogens with one attached hydrogen (secondary N) is 2. The quantitative estimate of drug-likeness (QED) is 0.366. The van der Waals surface area contributed by atoms with Crippen LogP contribution in [0.4, 0.5) is 0 Å². The van der Waals surface area contributed by atoms with Crippen molar-refractivity contribution in [3.05, 3.63) is 59.4 Å². The zero-order chi connectivity index (χ0) is 17.2. The Balaban J connectivity index is 1.68. The standard InChI is InChI=1S/C20H28N2O2/c1-16(23)11-14-22-20(24)19-9-7-18(8-10-19)15-21-13-12-17-5-3-2-4-6-17/h5,7-10,21,23H,1-4,6,11-15H2,(H,22,24). The van der Waals surface area contributed by atoms with Crippen molar-refractivity contribution >= 4 is 5.91 Å². The van der Waals surface area contributed by atoms with Gasteiger partial charge in [-0.25, -0.2) is 0 Å². The molecule has 1 aliphatic carbocycles. The van der Waals surface area contributed by atoms with Crippen LogP contribution in [0.15, 0.2) is 48.3 Å². The van der Waals surface area contributed by atoms with Gasteiger partial charge in [0.25, 0.3) is 5.91 Å². The molecule has 0 bridgehead atoms. The molecule has 4 heteroatoms. The van der Waals surface area contributed by atoms with Gasteiger partial charge in [-0.3, -0.25) is 4.79 Å². The molecule has 0 fully saturated rings. The molecule has 2 rings (SSSR count). The van der Waals surface area contributed by atoms with Gasteiger partial charge in [0.05, 0.1) is 5.76 Å². The lowest BCUT2D eigenvalue weighted by atomic mass is 9.97. The highest BCUT2D eigenvalue weighted by Gasteiger charge is 2.05. The van der Waals surface area contributed by atoms with Crippen molar-refractivity contribution in [1.82, 2.24) is 10.6 Å². The van der Waals surface area contributed by atoms with E-state index >= 15 is 0 Å². The van der Waals surface area contributed by atoms with Gasteiger partial charge in [-0.1, -0.05) is 30.4 Å². The van der Waals surface area contributed by atoms with Crippen LogP contribution in [0.25, 0.3) is 0 Å². The molecule has 0 spiro atoms. The van der Waals surface area contributed by atoms with Gasteiger partial charge >= 0.3 is 0 Å². The lowest BCUT2D eigenvalue weighted by Crippen LogP contribution is -2.24. The second-order valence-corrected chi connectivity index (χ2v) is 6.30. The predicted molar refractivity (Wildman–Crippen MR) is 98.0 cm³/mol. The highest BCUT2D eigenvalue weighted by molar-refractivity contribution is 5.94. The Labute approximate surface area is 144 Å². The minimum atomic E-state index is -0.125. The molecule has 0 aromatic heterocycles. The first-order valence-electron chi connectivity index (χ1n) is 8.77. The Kier molecular flexibility index (Phi) is 7.56. The third-order valence-electron chi connectivity index (χ3n) is 4.25.